The molecule has 2 aromatic rings. The summed E-state index contributed by atoms with van der Waals surface area (Å²) in [4.78, 5) is 24.4. The molecule has 1 fully saturated rings. The lowest BCUT2D eigenvalue weighted by Gasteiger charge is -2.23. The number of halogens is 1. The number of nitro groups is 1. The van der Waals surface area contributed by atoms with E-state index in [0.717, 1.165) is 18.4 Å². The highest BCUT2D eigenvalue weighted by Crippen LogP contribution is 2.28. The SMILES string of the molecule is O=c1ccc([N+](=O)[O-])cn1CN(Cc1ccc(F)cc1)C1CC1. The second kappa shape index (κ2) is 6.29. The van der Waals surface area contributed by atoms with Gasteiger partial charge in [-0.3, -0.25) is 24.4 Å². The minimum absolute atomic E-state index is 0.109. The molecule has 0 saturated heterocycles. The van der Waals surface area contributed by atoms with Crippen LogP contribution >= 0.6 is 0 Å². The fourth-order valence-corrected chi connectivity index (χ4v) is 2.49. The number of hydrogen-bond donors (Lipinski definition) is 0. The van der Waals surface area contributed by atoms with Crippen molar-refractivity contribution >= 4 is 5.69 Å². The van der Waals surface area contributed by atoms with Crippen molar-refractivity contribution in [1.29, 1.82) is 0 Å². The van der Waals surface area contributed by atoms with Crippen molar-refractivity contribution in [3.05, 3.63) is 74.4 Å². The molecule has 1 aliphatic rings. The van der Waals surface area contributed by atoms with Gasteiger partial charge in [0.2, 0.25) is 0 Å². The molecule has 0 atom stereocenters. The molecule has 0 unspecified atom stereocenters. The van der Waals surface area contributed by atoms with E-state index >= 15 is 0 Å². The zero-order valence-corrected chi connectivity index (χ0v) is 12.4. The van der Waals surface area contributed by atoms with Gasteiger partial charge in [0.05, 0.1) is 17.8 Å². The highest BCUT2D eigenvalue weighted by Gasteiger charge is 2.29. The van der Waals surface area contributed by atoms with Crippen molar-refractivity contribution < 1.29 is 9.31 Å². The van der Waals surface area contributed by atoms with E-state index in [-0.39, 0.29) is 23.7 Å². The largest absolute Gasteiger partial charge is 0.295 e. The molecule has 6 nitrogen and oxygen atoms in total. The number of benzene rings is 1. The first-order chi connectivity index (χ1) is 11.0. The molecule has 1 saturated carbocycles. The Hall–Kier alpha value is -2.54. The molecule has 1 aromatic heterocycles. The molecule has 0 bridgehead atoms. The van der Waals surface area contributed by atoms with E-state index in [4.69, 9.17) is 0 Å². The minimum atomic E-state index is -0.516. The highest BCUT2D eigenvalue weighted by atomic mass is 19.1. The lowest BCUT2D eigenvalue weighted by molar-refractivity contribution is -0.385. The van der Waals surface area contributed by atoms with Crippen LogP contribution in [0.2, 0.25) is 0 Å². The summed E-state index contributed by atoms with van der Waals surface area (Å²) in [5.41, 5.74) is 0.555. The Morgan fingerprint density at radius 1 is 1.22 bits per heavy atom. The monoisotopic (exact) mass is 317 g/mol. The Morgan fingerprint density at radius 2 is 1.91 bits per heavy atom. The van der Waals surface area contributed by atoms with Gasteiger partial charge in [-0.25, -0.2) is 4.39 Å². The maximum atomic E-state index is 13.0. The second-order valence-corrected chi connectivity index (χ2v) is 5.70. The Balaban J connectivity index is 1.80. The quantitative estimate of drug-likeness (QED) is 0.606. The molecule has 23 heavy (non-hydrogen) atoms. The van der Waals surface area contributed by atoms with Crippen LogP contribution in [0.5, 0.6) is 0 Å². The van der Waals surface area contributed by atoms with Crippen molar-refractivity contribution in [3.8, 4) is 0 Å². The molecule has 0 amide bonds. The number of aromatic nitrogens is 1. The number of nitrogens with zero attached hydrogens (tertiary/aromatic N) is 3. The van der Waals surface area contributed by atoms with Crippen LogP contribution in [0.15, 0.2) is 47.4 Å². The van der Waals surface area contributed by atoms with Gasteiger partial charge in [-0.05, 0) is 30.5 Å². The average Bonchev–Trinajstić information content (AvgIpc) is 3.35. The molecule has 0 aliphatic heterocycles. The third-order valence-electron chi connectivity index (χ3n) is 3.87. The Bertz CT molecular complexity index is 769. The van der Waals surface area contributed by atoms with Gasteiger partial charge in [-0.2, -0.15) is 0 Å². The van der Waals surface area contributed by atoms with Crippen molar-refractivity contribution in [3.63, 3.8) is 0 Å². The van der Waals surface area contributed by atoms with Gasteiger partial charge in [-0.15, -0.1) is 0 Å². The standard InChI is InChI=1S/C16H16FN3O3/c17-13-3-1-12(2-4-13)9-18(14-5-6-14)11-19-10-15(20(22)23)7-8-16(19)21/h1-4,7-8,10,14H,5-6,9,11H2. The molecule has 1 aliphatic carbocycles. The van der Waals surface area contributed by atoms with Crippen LogP contribution in [0.3, 0.4) is 0 Å². The Morgan fingerprint density at radius 3 is 2.52 bits per heavy atom. The molecule has 7 heteroatoms. The van der Waals surface area contributed by atoms with E-state index in [1.165, 1.54) is 35.0 Å². The van der Waals surface area contributed by atoms with Gasteiger partial charge in [0.1, 0.15) is 5.82 Å². The van der Waals surface area contributed by atoms with Gasteiger partial charge in [0.15, 0.2) is 0 Å². The van der Waals surface area contributed by atoms with E-state index < -0.39 is 4.92 Å². The first kappa shape index (κ1) is 15.4. The summed E-state index contributed by atoms with van der Waals surface area (Å²) in [6.07, 6.45) is 3.33. The van der Waals surface area contributed by atoms with Crippen LogP contribution < -0.4 is 5.56 Å². The molecular weight excluding hydrogens is 301 g/mol. The third-order valence-corrected chi connectivity index (χ3v) is 3.87. The van der Waals surface area contributed by atoms with E-state index in [1.807, 2.05) is 0 Å². The number of pyridine rings is 1. The second-order valence-electron chi connectivity index (χ2n) is 5.70. The van der Waals surface area contributed by atoms with E-state index in [0.29, 0.717) is 12.6 Å². The minimum Gasteiger partial charge on any atom is -0.295 e. The smallest absolute Gasteiger partial charge is 0.285 e. The summed E-state index contributed by atoms with van der Waals surface area (Å²) in [5, 5.41) is 10.9. The zero-order valence-electron chi connectivity index (χ0n) is 12.4. The van der Waals surface area contributed by atoms with Crippen LogP contribution in [0, 0.1) is 15.9 Å². The van der Waals surface area contributed by atoms with Crippen LogP contribution in [0.1, 0.15) is 18.4 Å². The maximum Gasteiger partial charge on any atom is 0.285 e. The number of rotatable bonds is 6. The summed E-state index contributed by atoms with van der Waals surface area (Å²) in [6.45, 7) is 0.850. The van der Waals surface area contributed by atoms with Crippen LogP contribution in [0.25, 0.3) is 0 Å². The topological polar surface area (TPSA) is 68.4 Å². The highest BCUT2D eigenvalue weighted by molar-refractivity contribution is 5.24. The van der Waals surface area contributed by atoms with E-state index in [9.17, 15) is 19.3 Å². The van der Waals surface area contributed by atoms with Crippen molar-refractivity contribution in [2.45, 2.75) is 32.1 Å². The molecule has 1 aromatic carbocycles. The molecule has 1 heterocycles. The molecule has 3 rings (SSSR count). The molecule has 0 N–H and O–H groups in total. The predicted octanol–water partition coefficient (Wildman–Crippen LogP) is 2.52. The van der Waals surface area contributed by atoms with Gasteiger partial charge in [0, 0.05) is 24.7 Å². The van der Waals surface area contributed by atoms with Gasteiger partial charge >= 0.3 is 0 Å². The zero-order chi connectivity index (χ0) is 16.4. The van der Waals surface area contributed by atoms with Crippen molar-refractivity contribution in [2.75, 3.05) is 0 Å². The van der Waals surface area contributed by atoms with E-state index in [2.05, 4.69) is 4.90 Å². The molecule has 120 valence electrons. The first-order valence-electron chi connectivity index (χ1n) is 7.36. The Kier molecular flexibility index (Phi) is 4.20. The van der Waals surface area contributed by atoms with Crippen LogP contribution in [-0.4, -0.2) is 20.4 Å². The van der Waals surface area contributed by atoms with E-state index in [1.54, 1.807) is 12.1 Å². The molecule has 0 radical (unpaired) electrons. The summed E-state index contributed by atoms with van der Waals surface area (Å²) < 4.78 is 14.3. The predicted molar refractivity (Wildman–Crippen MR) is 82.3 cm³/mol. The summed E-state index contributed by atoms with van der Waals surface area (Å²) >= 11 is 0. The summed E-state index contributed by atoms with van der Waals surface area (Å²) in [6, 6.07) is 8.99. The van der Waals surface area contributed by atoms with Crippen LogP contribution in [0.4, 0.5) is 10.1 Å². The lowest BCUT2D eigenvalue weighted by Crippen LogP contribution is -2.33. The average molecular weight is 317 g/mol. The summed E-state index contributed by atoms with van der Waals surface area (Å²) in [5.74, 6) is -0.290. The first-order valence-corrected chi connectivity index (χ1v) is 7.36. The third kappa shape index (κ3) is 3.81. The fraction of sp³-hybridized carbons (Fsp3) is 0.312. The van der Waals surface area contributed by atoms with Gasteiger partial charge in [-0.1, -0.05) is 12.1 Å². The van der Waals surface area contributed by atoms with Crippen molar-refractivity contribution in [1.82, 2.24) is 9.47 Å². The van der Waals surface area contributed by atoms with Crippen molar-refractivity contribution in [2.24, 2.45) is 0 Å². The number of hydrogen-bond acceptors (Lipinski definition) is 4. The Labute approximate surface area is 131 Å². The van der Waals surface area contributed by atoms with Crippen LogP contribution in [-0.2, 0) is 13.2 Å². The molecule has 0 spiro atoms. The maximum absolute atomic E-state index is 13.0. The molecular formula is C16H16FN3O3. The normalized spacial score (nSPS) is 14.2. The lowest BCUT2D eigenvalue weighted by atomic mass is 10.2. The fourth-order valence-electron chi connectivity index (χ4n) is 2.49. The van der Waals surface area contributed by atoms with Gasteiger partial charge < -0.3 is 0 Å². The summed E-state index contributed by atoms with van der Waals surface area (Å²) in [7, 11) is 0. The van der Waals surface area contributed by atoms with Gasteiger partial charge in [0.25, 0.3) is 11.2 Å².